The highest BCUT2D eigenvalue weighted by Crippen LogP contribution is 2.41. The Labute approximate surface area is 232 Å². The Bertz CT molecular complexity index is 1340. The van der Waals surface area contributed by atoms with Gasteiger partial charge in [-0.2, -0.15) is 5.10 Å². The van der Waals surface area contributed by atoms with E-state index in [1.165, 1.54) is 4.68 Å². The normalized spacial score (nSPS) is 23.3. The molecule has 11 heteroatoms. The van der Waals surface area contributed by atoms with E-state index in [0.29, 0.717) is 41.5 Å². The van der Waals surface area contributed by atoms with Crippen molar-refractivity contribution < 1.29 is 23.0 Å². The number of hydrogen-bond acceptors (Lipinski definition) is 6. The highest BCUT2D eigenvalue weighted by Gasteiger charge is 2.40. The number of anilines is 1. The Morgan fingerprint density at radius 3 is 2.49 bits per heavy atom. The number of nitrogens with one attached hydrogen (secondary N) is 2. The minimum atomic E-state index is -2.57. The molecule has 0 aliphatic carbocycles. The Hall–Kier alpha value is -3.37. The Kier molecular flexibility index (Phi) is 7.68. The van der Waals surface area contributed by atoms with Crippen LogP contribution in [0, 0.1) is 0 Å². The number of carbonyl (C=O) groups excluding carboxylic acids is 1. The van der Waals surface area contributed by atoms with Gasteiger partial charge in [0.2, 0.25) is 5.91 Å². The Balaban J connectivity index is 0.00000308. The largest absolute Gasteiger partial charge is 0.493 e. The minimum absolute atomic E-state index is 0. The van der Waals surface area contributed by atoms with Crippen molar-refractivity contribution in [2.45, 2.75) is 49.9 Å². The summed E-state index contributed by atoms with van der Waals surface area (Å²) in [6, 6.07) is 14.2. The van der Waals surface area contributed by atoms with Gasteiger partial charge in [0, 0.05) is 36.8 Å². The van der Waals surface area contributed by atoms with Crippen molar-refractivity contribution in [3.8, 4) is 22.8 Å². The first-order valence-electron chi connectivity index (χ1n) is 12.9. The Morgan fingerprint density at radius 2 is 1.85 bits per heavy atom. The molecule has 2 unspecified atom stereocenters. The predicted octanol–water partition coefficient (Wildman–Crippen LogP) is 4.47. The highest BCUT2D eigenvalue weighted by molar-refractivity contribution is 5.85. The van der Waals surface area contributed by atoms with Gasteiger partial charge in [-0.25, -0.2) is 13.5 Å². The van der Waals surface area contributed by atoms with Crippen LogP contribution in [0.1, 0.15) is 36.1 Å². The molecule has 2 aromatic carbocycles. The van der Waals surface area contributed by atoms with Gasteiger partial charge >= 0.3 is 0 Å². The van der Waals surface area contributed by atoms with Crippen molar-refractivity contribution in [1.82, 2.24) is 20.0 Å². The number of halogens is 3. The van der Waals surface area contributed by atoms with Crippen LogP contribution in [0.25, 0.3) is 11.3 Å². The minimum Gasteiger partial charge on any atom is -0.493 e. The summed E-state index contributed by atoms with van der Waals surface area (Å²) in [6.45, 7) is 1.66. The fourth-order valence-corrected chi connectivity index (χ4v) is 5.91. The van der Waals surface area contributed by atoms with E-state index >= 15 is 0 Å². The first kappa shape index (κ1) is 27.2. The van der Waals surface area contributed by atoms with Gasteiger partial charge < -0.3 is 25.0 Å². The summed E-state index contributed by atoms with van der Waals surface area (Å²) in [5, 5.41) is 11.3. The molecule has 0 radical (unpaired) electrons. The molecule has 1 amide bonds. The van der Waals surface area contributed by atoms with Gasteiger partial charge in [-0.05, 0) is 36.1 Å². The summed E-state index contributed by atoms with van der Waals surface area (Å²) >= 11 is 0. The molecule has 4 heterocycles. The number of nitrogens with zero attached hydrogens (tertiary/aromatic N) is 3. The Morgan fingerprint density at radius 1 is 1.08 bits per heavy atom. The zero-order valence-electron chi connectivity index (χ0n) is 21.8. The van der Waals surface area contributed by atoms with Crippen LogP contribution < -0.4 is 20.1 Å². The number of benzene rings is 2. The molecule has 0 spiro atoms. The lowest BCUT2D eigenvalue weighted by Crippen LogP contribution is -2.47. The molecule has 208 valence electrons. The van der Waals surface area contributed by atoms with Crippen LogP contribution in [-0.4, -0.2) is 66.4 Å². The van der Waals surface area contributed by atoms with Gasteiger partial charge in [-0.3, -0.25) is 4.79 Å². The number of piperazine rings is 1. The first-order valence-corrected chi connectivity index (χ1v) is 12.9. The van der Waals surface area contributed by atoms with Crippen LogP contribution >= 0.6 is 12.4 Å². The monoisotopic (exact) mass is 559 g/mol. The topological polar surface area (TPSA) is 80.7 Å². The lowest BCUT2D eigenvalue weighted by Gasteiger charge is -2.32. The smallest absolute Gasteiger partial charge is 0.260 e. The molecule has 2 N–H and O–H groups in total. The fraction of sp³-hybridized carbons (Fsp3) is 0.429. The molecule has 39 heavy (non-hydrogen) atoms. The average Bonchev–Trinajstić information content (AvgIpc) is 3.68. The molecule has 8 nitrogen and oxygen atoms in total. The van der Waals surface area contributed by atoms with Gasteiger partial charge in [0.05, 0.1) is 32.4 Å². The lowest BCUT2D eigenvalue weighted by atomic mass is 9.97. The molecule has 2 saturated heterocycles. The second-order valence-corrected chi connectivity index (χ2v) is 10.2. The zero-order chi connectivity index (χ0) is 26.4. The van der Waals surface area contributed by atoms with E-state index in [-0.39, 0.29) is 30.8 Å². The fourth-order valence-electron chi connectivity index (χ4n) is 5.91. The van der Waals surface area contributed by atoms with Crippen molar-refractivity contribution >= 4 is 24.1 Å². The number of alkyl halides is 2. The average molecular weight is 560 g/mol. The van der Waals surface area contributed by atoms with E-state index in [1.807, 2.05) is 41.3 Å². The molecule has 2 fully saturated rings. The molecular formula is C28H32ClF2N5O3. The van der Waals surface area contributed by atoms with Gasteiger partial charge in [0.1, 0.15) is 11.9 Å². The molecule has 3 aliphatic heterocycles. The van der Waals surface area contributed by atoms with Gasteiger partial charge in [0.15, 0.2) is 11.5 Å². The molecule has 0 saturated carbocycles. The van der Waals surface area contributed by atoms with Crippen molar-refractivity contribution in [3.63, 3.8) is 0 Å². The van der Waals surface area contributed by atoms with Crippen LogP contribution in [0.4, 0.5) is 14.6 Å². The second kappa shape index (κ2) is 11.0. The standard InChI is InChI=1S/C28H31F2N5O3.ClH/c1-37-24-8-7-18(10-25(24)38-2)21-12-23(28(29)30)35-26(32-21)13-22(33-35)17-5-3-16(4-6-17)9-27(36)34-15-19-11-20(34)14-31-19;/h3-8,10,13,19-21,23,28,31-32H,9,11-12,14-15H2,1-2H3;1H/t19-,20-,21?,23?;/m0./s1. The SMILES string of the molecule is COc1ccc(C2CC(C(F)F)n3nc(-c4ccc(CC(=O)N5C[C@@H]6C[C@H]5CN6)cc4)cc3N2)cc1OC.Cl. The molecular weight excluding hydrogens is 528 g/mol. The second-order valence-electron chi connectivity index (χ2n) is 10.2. The number of fused-ring (bicyclic) bond motifs is 3. The third-order valence-electron chi connectivity index (χ3n) is 7.93. The van der Waals surface area contributed by atoms with E-state index in [1.54, 1.807) is 26.4 Å². The summed E-state index contributed by atoms with van der Waals surface area (Å²) in [5.74, 6) is 1.81. The van der Waals surface area contributed by atoms with E-state index in [2.05, 4.69) is 15.7 Å². The number of hydrogen-bond donors (Lipinski definition) is 2. The number of rotatable bonds is 7. The third-order valence-corrected chi connectivity index (χ3v) is 7.93. The molecule has 1 aromatic heterocycles. The van der Waals surface area contributed by atoms with Crippen LogP contribution in [0.5, 0.6) is 11.5 Å². The number of carbonyl (C=O) groups is 1. The van der Waals surface area contributed by atoms with E-state index in [4.69, 9.17) is 9.47 Å². The number of methoxy groups -OCH3 is 2. The van der Waals surface area contributed by atoms with Gasteiger partial charge in [-0.1, -0.05) is 30.3 Å². The van der Waals surface area contributed by atoms with Gasteiger partial charge in [0.25, 0.3) is 6.43 Å². The lowest BCUT2D eigenvalue weighted by molar-refractivity contribution is -0.131. The van der Waals surface area contributed by atoms with E-state index < -0.39 is 12.5 Å². The number of likely N-dealkylation sites (tertiary alicyclic amines) is 1. The third kappa shape index (κ3) is 5.15. The summed E-state index contributed by atoms with van der Waals surface area (Å²) < 4.78 is 40.4. The molecule has 2 bridgehead atoms. The summed E-state index contributed by atoms with van der Waals surface area (Å²) in [6.07, 6.45) is -1.01. The molecule has 6 rings (SSSR count). The summed E-state index contributed by atoms with van der Waals surface area (Å²) in [7, 11) is 3.11. The first-order chi connectivity index (χ1) is 18.4. The van der Waals surface area contributed by atoms with Crippen molar-refractivity contribution in [2.24, 2.45) is 0 Å². The van der Waals surface area contributed by atoms with Crippen LogP contribution in [0.3, 0.4) is 0 Å². The quantitative estimate of drug-likeness (QED) is 0.445. The van der Waals surface area contributed by atoms with Gasteiger partial charge in [-0.15, -0.1) is 12.4 Å². The van der Waals surface area contributed by atoms with E-state index in [9.17, 15) is 13.6 Å². The zero-order valence-corrected chi connectivity index (χ0v) is 22.6. The molecule has 3 aliphatic rings. The number of amides is 1. The molecule has 4 atom stereocenters. The van der Waals surface area contributed by atoms with Crippen LogP contribution in [0.15, 0.2) is 48.5 Å². The van der Waals surface area contributed by atoms with Crippen LogP contribution in [0.2, 0.25) is 0 Å². The predicted molar refractivity (Wildman–Crippen MR) is 146 cm³/mol. The van der Waals surface area contributed by atoms with Crippen LogP contribution in [-0.2, 0) is 11.2 Å². The van der Waals surface area contributed by atoms with E-state index in [0.717, 1.165) is 36.2 Å². The molecule has 3 aromatic rings. The maximum absolute atomic E-state index is 14.1. The van der Waals surface area contributed by atoms with Crippen molar-refractivity contribution in [3.05, 3.63) is 59.7 Å². The number of ether oxygens (including phenoxy) is 2. The maximum atomic E-state index is 14.1. The highest BCUT2D eigenvalue weighted by atomic mass is 35.5. The maximum Gasteiger partial charge on any atom is 0.260 e. The van der Waals surface area contributed by atoms with Crippen molar-refractivity contribution in [2.75, 3.05) is 32.6 Å². The number of aromatic nitrogens is 2. The van der Waals surface area contributed by atoms with Crippen molar-refractivity contribution in [1.29, 1.82) is 0 Å². The summed E-state index contributed by atoms with van der Waals surface area (Å²) in [5.41, 5.74) is 3.17. The summed E-state index contributed by atoms with van der Waals surface area (Å²) in [4.78, 5) is 14.8.